The average Bonchev–Trinajstić information content (AvgIpc) is 2.90. The highest BCUT2D eigenvalue weighted by molar-refractivity contribution is 5.76. The van der Waals surface area contributed by atoms with Crippen molar-refractivity contribution in [1.29, 1.82) is 0 Å². The van der Waals surface area contributed by atoms with E-state index in [9.17, 15) is 8.78 Å². The maximum atomic E-state index is 11.8. The molecule has 1 fully saturated rings. The molecule has 1 aliphatic heterocycles. The summed E-state index contributed by atoms with van der Waals surface area (Å²) in [5, 5.41) is 7.74. The molecule has 0 N–H and O–H groups in total. The Labute approximate surface area is 97.5 Å². The fourth-order valence-corrected chi connectivity index (χ4v) is 1.68. The summed E-state index contributed by atoms with van der Waals surface area (Å²) in [5.41, 5.74) is 0.504. The summed E-state index contributed by atoms with van der Waals surface area (Å²) >= 11 is 0. The van der Waals surface area contributed by atoms with Crippen LogP contribution in [0.5, 0.6) is 0 Å². The Morgan fingerprint density at radius 1 is 1.65 bits per heavy atom. The largest absolute Gasteiger partial charge is 0.381 e. The Morgan fingerprint density at radius 3 is 3.24 bits per heavy atom. The molecule has 0 amide bonds. The first-order valence-electron chi connectivity index (χ1n) is 5.50. The number of rotatable bonds is 5. The molecule has 0 bridgehead atoms. The lowest BCUT2D eigenvalue weighted by molar-refractivity contribution is 0.159. The molecule has 0 spiro atoms. The minimum atomic E-state index is -2.42. The Balaban J connectivity index is 1.84. The first kappa shape index (κ1) is 12.1. The van der Waals surface area contributed by atoms with E-state index in [1.807, 2.05) is 0 Å². The minimum Gasteiger partial charge on any atom is -0.381 e. The molecule has 1 saturated heterocycles. The number of halogens is 2. The van der Waals surface area contributed by atoms with Crippen molar-refractivity contribution in [2.45, 2.75) is 19.4 Å². The molecule has 1 atom stereocenters. The van der Waals surface area contributed by atoms with Crippen LogP contribution in [0.15, 0.2) is 11.2 Å². The molecule has 0 saturated carbocycles. The SMILES string of the molecule is FC(F)CN=Cc1cn(C[C@H]2CCOC2)nn1. The van der Waals surface area contributed by atoms with Crippen molar-refractivity contribution in [3.05, 3.63) is 11.9 Å². The third-order valence-electron chi connectivity index (χ3n) is 2.49. The number of hydrogen-bond donors (Lipinski definition) is 0. The molecule has 0 radical (unpaired) electrons. The van der Waals surface area contributed by atoms with E-state index in [0.717, 1.165) is 26.2 Å². The van der Waals surface area contributed by atoms with Crippen molar-refractivity contribution in [2.24, 2.45) is 10.9 Å². The lowest BCUT2D eigenvalue weighted by atomic mass is 10.1. The third-order valence-corrected chi connectivity index (χ3v) is 2.49. The molecule has 94 valence electrons. The van der Waals surface area contributed by atoms with Crippen LogP contribution in [0.1, 0.15) is 12.1 Å². The number of nitrogens with zero attached hydrogens (tertiary/aromatic N) is 4. The molecular formula is C10H14F2N4O. The van der Waals surface area contributed by atoms with Crippen LogP contribution < -0.4 is 0 Å². The van der Waals surface area contributed by atoms with Gasteiger partial charge in [-0.3, -0.25) is 9.67 Å². The zero-order valence-corrected chi connectivity index (χ0v) is 9.30. The standard InChI is InChI=1S/C10H14F2N4O/c11-10(12)4-13-3-9-6-16(15-14-9)5-8-1-2-17-7-8/h3,6,8,10H,1-2,4-5,7H2/t8-/m1/s1. The van der Waals surface area contributed by atoms with Crippen LogP contribution in [-0.4, -0.2) is 47.4 Å². The van der Waals surface area contributed by atoms with Crippen LogP contribution in [0.3, 0.4) is 0 Å². The van der Waals surface area contributed by atoms with Gasteiger partial charge in [-0.1, -0.05) is 5.21 Å². The lowest BCUT2D eigenvalue weighted by Gasteiger charge is -2.05. The van der Waals surface area contributed by atoms with Gasteiger partial charge in [0.15, 0.2) is 0 Å². The van der Waals surface area contributed by atoms with E-state index in [4.69, 9.17) is 4.74 Å². The molecule has 17 heavy (non-hydrogen) atoms. The van der Waals surface area contributed by atoms with E-state index in [1.165, 1.54) is 6.21 Å². The molecule has 5 nitrogen and oxygen atoms in total. The lowest BCUT2D eigenvalue weighted by Crippen LogP contribution is -2.11. The molecule has 0 aromatic carbocycles. The first-order valence-corrected chi connectivity index (χ1v) is 5.50. The zero-order valence-electron chi connectivity index (χ0n) is 9.30. The Hall–Kier alpha value is -1.37. The van der Waals surface area contributed by atoms with Crippen LogP contribution in [0.4, 0.5) is 8.78 Å². The number of aromatic nitrogens is 3. The zero-order chi connectivity index (χ0) is 12.1. The summed E-state index contributed by atoms with van der Waals surface area (Å²) < 4.78 is 30.6. The normalized spacial score (nSPS) is 20.8. The molecule has 2 rings (SSSR count). The number of aliphatic imine (C=N–C) groups is 1. The van der Waals surface area contributed by atoms with E-state index in [0.29, 0.717) is 11.6 Å². The Morgan fingerprint density at radius 2 is 2.53 bits per heavy atom. The van der Waals surface area contributed by atoms with Gasteiger partial charge in [0, 0.05) is 19.1 Å². The van der Waals surface area contributed by atoms with Crippen LogP contribution in [0.25, 0.3) is 0 Å². The first-order chi connectivity index (χ1) is 8.24. The second kappa shape index (κ2) is 5.81. The van der Waals surface area contributed by atoms with Gasteiger partial charge in [-0.05, 0) is 6.42 Å². The second-order valence-corrected chi connectivity index (χ2v) is 3.98. The van der Waals surface area contributed by atoms with E-state index in [2.05, 4.69) is 15.3 Å². The average molecular weight is 244 g/mol. The van der Waals surface area contributed by atoms with Crippen molar-refractivity contribution < 1.29 is 13.5 Å². The van der Waals surface area contributed by atoms with E-state index in [-0.39, 0.29) is 0 Å². The highest BCUT2D eigenvalue weighted by atomic mass is 19.3. The summed E-state index contributed by atoms with van der Waals surface area (Å²) in [6.45, 7) is 1.79. The molecule has 7 heteroatoms. The minimum absolute atomic E-state index is 0.461. The van der Waals surface area contributed by atoms with Gasteiger partial charge in [0.2, 0.25) is 0 Å². The smallest absolute Gasteiger partial charge is 0.257 e. The molecule has 1 aromatic heterocycles. The van der Waals surface area contributed by atoms with Crippen LogP contribution in [0.2, 0.25) is 0 Å². The van der Waals surface area contributed by atoms with Gasteiger partial charge >= 0.3 is 0 Å². The summed E-state index contributed by atoms with van der Waals surface area (Å²) in [5.74, 6) is 0.461. The van der Waals surface area contributed by atoms with Crippen LogP contribution >= 0.6 is 0 Å². The van der Waals surface area contributed by atoms with Gasteiger partial charge < -0.3 is 4.74 Å². The quantitative estimate of drug-likeness (QED) is 0.726. The van der Waals surface area contributed by atoms with Gasteiger partial charge in [0.1, 0.15) is 5.69 Å². The van der Waals surface area contributed by atoms with Gasteiger partial charge in [-0.15, -0.1) is 5.10 Å². The van der Waals surface area contributed by atoms with Gasteiger partial charge in [0.05, 0.1) is 25.6 Å². The molecule has 1 aliphatic rings. The fraction of sp³-hybridized carbons (Fsp3) is 0.700. The van der Waals surface area contributed by atoms with Gasteiger partial charge in [-0.2, -0.15) is 0 Å². The highest BCUT2D eigenvalue weighted by Crippen LogP contribution is 2.13. The monoisotopic (exact) mass is 244 g/mol. The van der Waals surface area contributed by atoms with E-state index >= 15 is 0 Å². The van der Waals surface area contributed by atoms with Crippen molar-refractivity contribution >= 4 is 6.21 Å². The van der Waals surface area contributed by atoms with E-state index < -0.39 is 13.0 Å². The molecule has 0 aliphatic carbocycles. The van der Waals surface area contributed by atoms with Gasteiger partial charge in [-0.25, -0.2) is 8.78 Å². The fourth-order valence-electron chi connectivity index (χ4n) is 1.68. The maximum absolute atomic E-state index is 11.8. The van der Waals surface area contributed by atoms with Crippen molar-refractivity contribution in [2.75, 3.05) is 19.8 Å². The summed E-state index contributed by atoms with van der Waals surface area (Å²) in [4.78, 5) is 3.57. The second-order valence-electron chi connectivity index (χ2n) is 3.98. The van der Waals surface area contributed by atoms with Crippen molar-refractivity contribution in [1.82, 2.24) is 15.0 Å². The molecule has 2 heterocycles. The van der Waals surface area contributed by atoms with Gasteiger partial charge in [0.25, 0.3) is 6.43 Å². The number of alkyl halides is 2. The van der Waals surface area contributed by atoms with Crippen molar-refractivity contribution in [3.8, 4) is 0 Å². The van der Waals surface area contributed by atoms with Crippen LogP contribution in [-0.2, 0) is 11.3 Å². The molecule has 0 unspecified atom stereocenters. The molecular weight excluding hydrogens is 230 g/mol. The van der Waals surface area contributed by atoms with E-state index in [1.54, 1.807) is 10.9 Å². The number of ether oxygens (including phenoxy) is 1. The predicted octanol–water partition coefficient (Wildman–Crippen LogP) is 0.999. The summed E-state index contributed by atoms with van der Waals surface area (Å²) in [7, 11) is 0. The van der Waals surface area contributed by atoms with Crippen LogP contribution in [0, 0.1) is 5.92 Å². The van der Waals surface area contributed by atoms with Crippen molar-refractivity contribution in [3.63, 3.8) is 0 Å². The third kappa shape index (κ3) is 3.85. The summed E-state index contributed by atoms with van der Waals surface area (Å²) in [6, 6.07) is 0. The Bertz CT molecular complexity index is 374. The highest BCUT2D eigenvalue weighted by Gasteiger charge is 2.16. The topological polar surface area (TPSA) is 52.3 Å². The number of hydrogen-bond acceptors (Lipinski definition) is 4. The predicted molar refractivity (Wildman–Crippen MR) is 57.4 cm³/mol. The maximum Gasteiger partial charge on any atom is 0.257 e. The summed E-state index contributed by atoms with van der Waals surface area (Å²) in [6.07, 6.45) is 1.62. The molecule has 1 aromatic rings. The Kier molecular flexibility index (Phi) is 4.13.